The predicted molar refractivity (Wildman–Crippen MR) is 46.1 cm³/mol. The van der Waals surface area contributed by atoms with Gasteiger partial charge in [-0.15, -0.1) is 5.10 Å². The fourth-order valence-electron chi connectivity index (χ4n) is 0.979. The summed E-state index contributed by atoms with van der Waals surface area (Å²) in [5.74, 6) is -0.506. The van der Waals surface area contributed by atoms with Gasteiger partial charge in [0.1, 0.15) is 6.33 Å². The zero-order valence-electron chi connectivity index (χ0n) is 7.48. The van der Waals surface area contributed by atoms with Crippen LogP contribution in [0.25, 0.3) is 5.82 Å². The Balaban J connectivity index is 2.21. The van der Waals surface area contributed by atoms with E-state index < -0.39 is 5.97 Å². The summed E-state index contributed by atoms with van der Waals surface area (Å²) in [6, 6.07) is 0. The summed E-state index contributed by atoms with van der Waals surface area (Å²) in [7, 11) is 0. The lowest BCUT2D eigenvalue weighted by Gasteiger charge is -1.98. The van der Waals surface area contributed by atoms with E-state index in [4.69, 9.17) is 5.11 Å². The zero-order chi connectivity index (χ0) is 10.7. The number of tetrazole rings is 1. The van der Waals surface area contributed by atoms with Gasteiger partial charge in [-0.2, -0.15) is 4.68 Å². The molecule has 0 spiro atoms. The molecule has 0 amide bonds. The van der Waals surface area contributed by atoms with E-state index in [9.17, 15) is 4.79 Å². The van der Waals surface area contributed by atoms with Crippen molar-refractivity contribution in [1.82, 2.24) is 30.2 Å². The quantitative estimate of drug-likeness (QED) is 0.691. The van der Waals surface area contributed by atoms with Gasteiger partial charge in [0.05, 0.1) is 24.5 Å². The molecule has 2 rings (SSSR count). The van der Waals surface area contributed by atoms with Crippen LogP contribution in [-0.4, -0.2) is 41.3 Å². The van der Waals surface area contributed by atoms with Crippen molar-refractivity contribution in [1.29, 1.82) is 0 Å². The van der Waals surface area contributed by atoms with Gasteiger partial charge in [0.15, 0.2) is 5.82 Å². The SMILES string of the molecule is O=C(O)Cc1cnc(-n2cnnn2)cn1. The minimum Gasteiger partial charge on any atom is -0.481 e. The Bertz CT molecular complexity index is 451. The van der Waals surface area contributed by atoms with E-state index in [0.29, 0.717) is 11.5 Å². The van der Waals surface area contributed by atoms with Crippen molar-refractivity contribution < 1.29 is 9.90 Å². The molecule has 0 saturated heterocycles. The summed E-state index contributed by atoms with van der Waals surface area (Å²) in [5.41, 5.74) is 0.388. The van der Waals surface area contributed by atoms with Crippen LogP contribution in [0.2, 0.25) is 0 Å². The largest absolute Gasteiger partial charge is 0.481 e. The number of nitrogens with zero attached hydrogens (tertiary/aromatic N) is 6. The van der Waals surface area contributed by atoms with Crippen LogP contribution in [0.4, 0.5) is 0 Å². The summed E-state index contributed by atoms with van der Waals surface area (Å²) in [4.78, 5) is 18.3. The first-order chi connectivity index (χ1) is 7.25. The number of rotatable bonds is 3. The summed E-state index contributed by atoms with van der Waals surface area (Å²) in [5, 5.41) is 19.0. The van der Waals surface area contributed by atoms with Crippen molar-refractivity contribution in [2.75, 3.05) is 0 Å². The maximum absolute atomic E-state index is 10.4. The number of carboxylic acid groups (broad SMARTS) is 1. The van der Waals surface area contributed by atoms with Crippen LogP contribution in [0.3, 0.4) is 0 Å². The third-order valence-corrected chi connectivity index (χ3v) is 1.61. The third kappa shape index (κ3) is 2.10. The second kappa shape index (κ2) is 3.78. The molecule has 0 fully saturated rings. The highest BCUT2D eigenvalue weighted by Crippen LogP contribution is 1.99. The number of hydrogen-bond acceptors (Lipinski definition) is 6. The second-order valence-electron chi connectivity index (χ2n) is 2.69. The Labute approximate surface area is 83.6 Å². The zero-order valence-corrected chi connectivity index (χ0v) is 7.48. The molecule has 15 heavy (non-hydrogen) atoms. The van der Waals surface area contributed by atoms with Crippen molar-refractivity contribution in [3.05, 3.63) is 24.4 Å². The predicted octanol–water partition coefficient (Wildman–Crippen LogP) is -0.921. The monoisotopic (exact) mass is 206 g/mol. The van der Waals surface area contributed by atoms with E-state index in [2.05, 4.69) is 25.5 Å². The molecule has 2 aromatic heterocycles. The van der Waals surface area contributed by atoms with E-state index in [-0.39, 0.29) is 6.42 Å². The van der Waals surface area contributed by atoms with Crippen molar-refractivity contribution in [2.45, 2.75) is 6.42 Å². The van der Waals surface area contributed by atoms with E-state index in [1.54, 1.807) is 0 Å². The fraction of sp³-hybridized carbons (Fsp3) is 0.143. The number of aliphatic carboxylic acids is 1. The van der Waals surface area contributed by atoms with E-state index >= 15 is 0 Å². The molecule has 2 aromatic rings. The van der Waals surface area contributed by atoms with Crippen LogP contribution >= 0.6 is 0 Å². The Kier molecular flexibility index (Phi) is 2.31. The highest BCUT2D eigenvalue weighted by atomic mass is 16.4. The molecule has 2 heterocycles. The summed E-state index contributed by atoms with van der Waals surface area (Å²) >= 11 is 0. The highest BCUT2D eigenvalue weighted by Gasteiger charge is 2.04. The average molecular weight is 206 g/mol. The molecule has 1 N–H and O–H groups in total. The van der Waals surface area contributed by atoms with Gasteiger partial charge in [-0.3, -0.25) is 9.78 Å². The van der Waals surface area contributed by atoms with Gasteiger partial charge in [-0.25, -0.2) is 4.98 Å². The van der Waals surface area contributed by atoms with E-state index in [0.717, 1.165) is 0 Å². The van der Waals surface area contributed by atoms with Gasteiger partial charge in [-0.05, 0) is 10.4 Å². The maximum Gasteiger partial charge on any atom is 0.309 e. The minimum atomic E-state index is -0.945. The van der Waals surface area contributed by atoms with Crippen LogP contribution in [0.1, 0.15) is 5.69 Å². The lowest BCUT2D eigenvalue weighted by Crippen LogP contribution is -2.05. The normalized spacial score (nSPS) is 10.1. The molecule has 0 unspecified atom stereocenters. The molecule has 0 aromatic carbocycles. The Morgan fingerprint density at radius 2 is 2.27 bits per heavy atom. The van der Waals surface area contributed by atoms with Crippen molar-refractivity contribution >= 4 is 5.97 Å². The van der Waals surface area contributed by atoms with Gasteiger partial charge in [-0.1, -0.05) is 0 Å². The number of carboxylic acids is 1. The van der Waals surface area contributed by atoms with E-state index in [1.807, 2.05) is 0 Å². The average Bonchev–Trinajstić information content (AvgIpc) is 2.71. The number of hydrogen-bond donors (Lipinski definition) is 1. The molecule has 0 aliphatic heterocycles. The summed E-state index contributed by atoms with van der Waals surface area (Å²) in [6.45, 7) is 0. The standard InChI is InChI=1S/C7H6N6O2/c14-7(15)1-5-2-9-6(3-8-5)13-4-10-11-12-13/h2-4H,1H2,(H,14,15). The molecule has 0 saturated carbocycles. The minimum absolute atomic E-state index is 0.150. The van der Waals surface area contributed by atoms with Gasteiger partial charge < -0.3 is 5.11 Å². The molecule has 0 bridgehead atoms. The lowest BCUT2D eigenvalue weighted by molar-refractivity contribution is -0.136. The number of aromatic nitrogens is 6. The lowest BCUT2D eigenvalue weighted by atomic mass is 10.3. The third-order valence-electron chi connectivity index (χ3n) is 1.61. The van der Waals surface area contributed by atoms with Crippen LogP contribution in [0.15, 0.2) is 18.7 Å². The number of carbonyl (C=O) groups is 1. The molecule has 0 aliphatic carbocycles. The Morgan fingerprint density at radius 1 is 1.40 bits per heavy atom. The van der Waals surface area contributed by atoms with Crippen LogP contribution in [-0.2, 0) is 11.2 Å². The molecular formula is C7H6N6O2. The van der Waals surface area contributed by atoms with Crippen molar-refractivity contribution in [3.8, 4) is 5.82 Å². The fourth-order valence-corrected chi connectivity index (χ4v) is 0.979. The summed E-state index contributed by atoms with van der Waals surface area (Å²) < 4.78 is 1.33. The first kappa shape index (κ1) is 9.19. The molecule has 0 radical (unpaired) electrons. The molecule has 0 atom stereocenters. The van der Waals surface area contributed by atoms with E-state index in [1.165, 1.54) is 23.4 Å². The molecule has 8 heteroatoms. The smallest absolute Gasteiger partial charge is 0.309 e. The topological polar surface area (TPSA) is 107 Å². The van der Waals surface area contributed by atoms with Crippen LogP contribution in [0.5, 0.6) is 0 Å². The van der Waals surface area contributed by atoms with Crippen LogP contribution < -0.4 is 0 Å². The second-order valence-corrected chi connectivity index (χ2v) is 2.69. The summed E-state index contributed by atoms with van der Waals surface area (Å²) in [6.07, 6.45) is 4.02. The van der Waals surface area contributed by atoms with Gasteiger partial charge >= 0.3 is 5.97 Å². The highest BCUT2D eigenvalue weighted by molar-refractivity contribution is 5.69. The Hall–Kier alpha value is -2.38. The molecular weight excluding hydrogens is 200 g/mol. The van der Waals surface area contributed by atoms with Gasteiger partial charge in [0, 0.05) is 0 Å². The Morgan fingerprint density at radius 3 is 2.80 bits per heavy atom. The van der Waals surface area contributed by atoms with Gasteiger partial charge in [0.25, 0.3) is 0 Å². The van der Waals surface area contributed by atoms with Crippen molar-refractivity contribution in [2.24, 2.45) is 0 Å². The van der Waals surface area contributed by atoms with Gasteiger partial charge in [0.2, 0.25) is 0 Å². The molecule has 8 nitrogen and oxygen atoms in total. The first-order valence-electron chi connectivity index (χ1n) is 4.02. The van der Waals surface area contributed by atoms with Crippen LogP contribution in [0, 0.1) is 0 Å². The molecule has 76 valence electrons. The van der Waals surface area contributed by atoms with Crippen molar-refractivity contribution in [3.63, 3.8) is 0 Å². The first-order valence-corrected chi connectivity index (χ1v) is 4.02. The molecule has 0 aliphatic rings. The maximum atomic E-state index is 10.4.